The minimum atomic E-state index is -3.96. The van der Waals surface area contributed by atoms with Gasteiger partial charge < -0.3 is 63.2 Å². The van der Waals surface area contributed by atoms with Gasteiger partial charge >= 0.3 is 6.18 Å². The van der Waals surface area contributed by atoms with Gasteiger partial charge in [-0.3, -0.25) is 19.3 Å². The molecule has 0 aromatic heterocycles. The molecule has 22 heteroatoms. The van der Waals surface area contributed by atoms with Gasteiger partial charge in [0.1, 0.15) is 5.78 Å². The summed E-state index contributed by atoms with van der Waals surface area (Å²) < 4.78 is 62.4. The third-order valence-corrected chi connectivity index (χ3v) is 29.3. The van der Waals surface area contributed by atoms with Crippen LogP contribution in [0.3, 0.4) is 0 Å². The number of nitrogens with two attached hydrogens (primary N) is 1. The van der Waals surface area contributed by atoms with Crippen molar-refractivity contribution in [3.63, 3.8) is 0 Å². The molecule has 2 amide bonds. The Morgan fingerprint density at radius 3 is 1.43 bits per heavy atom. The van der Waals surface area contributed by atoms with E-state index in [0.29, 0.717) is 55.5 Å². The number of alkyl halides is 5. The number of amides is 2. The Morgan fingerprint density at radius 1 is 0.537 bits per heavy atom. The number of ether oxygens (including phenoxy) is 1. The van der Waals surface area contributed by atoms with Gasteiger partial charge in [0.05, 0.1) is 12.6 Å². The topological polar surface area (TPSA) is 169 Å². The summed E-state index contributed by atoms with van der Waals surface area (Å²) in [5, 5.41) is 17.4. The fourth-order valence-corrected chi connectivity index (χ4v) is 17.9. The average molecular weight is 2190 g/mol. The standard InChI is InChI=1S/C13H20N2.C11H23N.C10H19NO.C10H19N.C9H15F2N.C9H17NO.C9H19N.C9H18.C8H16N2O.C8H10.C7H17N.C6H14.C5H10.C4H10O.C3H5F3.C3H5N.C2H6.CH3.Y/c1-2-12-3-5-13(6-4-12)11-15-9-7-14-8-10-15;1-11(2)7-6-10-12-8-4-3-5-9-12;1-3-10(12)8-9-4-6-11(2)7-5-9;1-2-3-6-11-8-9-4-5-10(11)7-9;1-3-8(2)12-6-4-9(10,11)5-7-12;1-2-3-7-10-8-5-4-6-9(10)11;1-2-3-4-9-5-7-10-8-6-9;1-3-9-6-4-8(2)5-7-9;1-2-3-5-10-6-4-9-7-8(10)11;1-2-8-6-4-3-5-7-8;1-7(2)5-3-4-6-8;1-5-6(2,3)4;1-2-5-3-4-5;1-3-4-5-2;1-2-3(4,5)6;1-2-3-4;1-2;;/h3-6,14H,2,7-11H2,1H3;11H,3-10H2,1-2H3;9H,3-8H2,1-2H3;9-10H,2-8H2,1H3;2-7H2,1H3;2-8H2,1H3;9-10H,2-8H2,1H3;8-9H,3-7H2,1-2H3;9H,2-7H2,1H3;3-7H,2H2,1H3;7H,3-6,8H2,1-2H3;5H2,1-4H3;5H,2-4H2,1H3;3-4H2,1-2H3;2H2,1H3;2H2,1H3;1-2H3;1H3;/q;;;;;;;;;;;;;;;;;-1;. The predicted octanol–water partition coefficient (Wildman–Crippen LogP) is 32.3. The van der Waals surface area contributed by atoms with E-state index in [9.17, 15) is 36.3 Å². The maximum Gasteiger partial charge on any atom is 0.388 e. The van der Waals surface area contributed by atoms with Crippen molar-refractivity contribution in [2.75, 3.05) is 165 Å². The Hall–Kier alpha value is -3.53. The summed E-state index contributed by atoms with van der Waals surface area (Å²) in [4.78, 5) is 49.6. The van der Waals surface area contributed by atoms with E-state index >= 15 is 0 Å². The van der Waals surface area contributed by atoms with E-state index in [1.54, 1.807) is 7.11 Å². The van der Waals surface area contributed by atoms with Gasteiger partial charge in [-0.15, -0.1) is 0 Å². The number of fused-ring (bicyclic) bond motifs is 2. The van der Waals surface area contributed by atoms with E-state index in [1.165, 1.54) is 288 Å². The Bertz CT molecular complexity index is 3160. The molecular formula is C127H246F5N12O4Y-. The number of carbonyl (C=O) groups excluding carboxylic acids is 3. The van der Waals surface area contributed by atoms with Gasteiger partial charge in [0.2, 0.25) is 11.8 Å². The molecule has 11 fully saturated rings. The number of nitriles is 1. The number of nitrogens with one attached hydrogen (secondary N) is 3. The number of benzene rings is 2. The number of carbonyl (C=O) groups is 3. The SMILES string of the molecule is C=C(CC)N1CCC(F)(F)CC1.CC.CC(C)CCCCN.CC(C)CCCN1CCCCC1.CCC#N.CCC(=O)CC1CCN(C)CC1.CCC(C)(C)C.CCC(F)(F)F.CCC1CC1.CCC1CCC(C)CC1.CCCCC1CCNCC1.CCCCN1CC2CCC1C2.CCCCN1CCCCC1=O.CCCCN1CCNCC1=O.CCCOC.CCc1ccc(CN2CCNCC2)cc1.CCc1ccccc1.[CH3-].[Y]. The Morgan fingerprint density at radius 2 is 1.02 bits per heavy atom. The molecule has 2 aromatic carbocycles. The van der Waals surface area contributed by atoms with Crippen LogP contribution in [-0.2, 0) is 71.2 Å². The average Bonchev–Trinajstić information content (AvgIpc) is 1.66. The molecule has 0 spiro atoms. The number of piperidine rings is 6. The number of hydrogen-bond donors (Lipinski definition) is 4. The second-order valence-corrected chi connectivity index (χ2v) is 44.7. The molecule has 8 aliphatic heterocycles. The number of halogens is 5. The number of ketones is 1. The molecule has 2 bridgehead atoms. The maximum absolute atomic E-state index is 12.7. The largest absolute Gasteiger partial charge is 0.388 e. The second-order valence-electron chi connectivity index (χ2n) is 44.7. The van der Waals surface area contributed by atoms with E-state index < -0.39 is 18.5 Å². The number of likely N-dealkylation sites (tertiary alicyclic amines) is 5. The van der Waals surface area contributed by atoms with Crippen LogP contribution in [0.2, 0.25) is 0 Å². The fourth-order valence-electron chi connectivity index (χ4n) is 17.9. The first-order valence-corrected chi connectivity index (χ1v) is 61.0. The normalized spacial score (nSPS) is 19.4. The first-order valence-electron chi connectivity index (χ1n) is 61.0. The quantitative estimate of drug-likeness (QED) is 0.0303. The summed E-state index contributed by atoms with van der Waals surface area (Å²) in [6.07, 6.45) is 50.2. The maximum atomic E-state index is 12.7. The monoisotopic (exact) mass is 2190 g/mol. The molecule has 2 atom stereocenters. The predicted molar refractivity (Wildman–Crippen MR) is 636 cm³/mol. The number of piperazine rings is 2. The van der Waals surface area contributed by atoms with Crippen molar-refractivity contribution in [1.29, 1.82) is 5.26 Å². The molecule has 8 saturated heterocycles. The number of rotatable bonds is 33. The van der Waals surface area contributed by atoms with E-state index in [-0.39, 0.29) is 58.9 Å². The van der Waals surface area contributed by atoms with Gasteiger partial charge in [0.15, 0.2) is 0 Å². The van der Waals surface area contributed by atoms with Crippen molar-refractivity contribution in [2.24, 2.45) is 58.5 Å². The van der Waals surface area contributed by atoms with Crippen molar-refractivity contribution >= 4 is 17.6 Å². The summed E-state index contributed by atoms with van der Waals surface area (Å²) in [7, 11) is 3.86. The van der Waals surface area contributed by atoms with Crippen LogP contribution in [0.4, 0.5) is 22.0 Å². The fraction of sp³-hybridized carbons (Fsp3) is 0.850. The zero-order chi connectivity index (χ0) is 111. The van der Waals surface area contributed by atoms with Crippen LogP contribution in [0.1, 0.15) is 465 Å². The zero-order valence-corrected chi connectivity index (χ0v) is 106. The van der Waals surface area contributed by atoms with Crippen molar-refractivity contribution in [2.45, 2.75) is 486 Å². The summed E-state index contributed by atoms with van der Waals surface area (Å²) in [5.41, 5.74) is 11.1. The molecule has 3 saturated carbocycles. The first kappa shape index (κ1) is 156. The van der Waals surface area contributed by atoms with Crippen molar-refractivity contribution in [3.8, 4) is 6.07 Å². The van der Waals surface area contributed by atoms with Crippen LogP contribution in [0, 0.1) is 71.5 Å². The first-order chi connectivity index (χ1) is 70.4. The number of Topliss-reactive ketones (excluding diaryl/α,β-unsaturated/α-hetero) is 1. The number of aryl methyl sites for hydroxylation is 2. The minimum absolute atomic E-state index is 0. The smallest absolute Gasteiger partial charge is 0.385 e. The number of allylic oxidation sites excluding steroid dienone is 1. The molecular weight excluding hydrogens is 1940 g/mol. The zero-order valence-electron chi connectivity index (χ0n) is 103. The Kier molecular flexibility index (Phi) is 111. The molecule has 13 rings (SSSR count). The van der Waals surface area contributed by atoms with Gasteiger partial charge in [-0.1, -0.05) is 343 Å². The number of hydrogen-bond acceptors (Lipinski definition) is 14. The number of nitrogens with zero attached hydrogens (tertiary/aromatic N) is 8. The Balaban J connectivity index is -0.000000369. The van der Waals surface area contributed by atoms with Gasteiger partial charge in [-0.2, -0.15) is 18.4 Å². The van der Waals surface area contributed by atoms with Crippen molar-refractivity contribution < 1.29 is 73.8 Å². The molecule has 16 nitrogen and oxygen atoms in total. The van der Waals surface area contributed by atoms with Crippen LogP contribution >= 0.6 is 0 Å². The summed E-state index contributed by atoms with van der Waals surface area (Å²) in [5.74, 6) is 6.37. The third-order valence-electron chi connectivity index (χ3n) is 29.3. The van der Waals surface area contributed by atoms with Gasteiger partial charge in [0, 0.05) is 188 Å². The number of unbranched alkanes of at least 4 members (excludes halogenated alkanes) is 5. The van der Waals surface area contributed by atoms with E-state index in [1.807, 2.05) is 61.5 Å². The summed E-state index contributed by atoms with van der Waals surface area (Å²) in [6.45, 7) is 80.4. The molecule has 3 aliphatic carbocycles. The summed E-state index contributed by atoms with van der Waals surface area (Å²) in [6, 6.07) is 22.4. The van der Waals surface area contributed by atoms with E-state index in [4.69, 9.17) is 15.7 Å². The van der Waals surface area contributed by atoms with Gasteiger partial charge in [0.25, 0.3) is 5.92 Å². The molecule has 2 aromatic rings. The van der Waals surface area contributed by atoms with Crippen LogP contribution in [0.15, 0.2) is 66.9 Å². The molecule has 8 heterocycles. The summed E-state index contributed by atoms with van der Waals surface area (Å²) >= 11 is 0. The molecule has 877 valence electrons. The molecule has 2 unspecified atom stereocenters. The number of methoxy groups -OCH3 is 1. The van der Waals surface area contributed by atoms with Crippen LogP contribution in [-0.4, -0.2) is 235 Å². The molecule has 149 heavy (non-hydrogen) atoms. The van der Waals surface area contributed by atoms with E-state index in [0.717, 1.165) is 190 Å². The van der Waals surface area contributed by atoms with Crippen molar-refractivity contribution in [3.05, 3.63) is 91.0 Å². The van der Waals surface area contributed by atoms with Gasteiger partial charge in [-0.05, 0) is 270 Å². The Labute approximate surface area is 946 Å². The van der Waals surface area contributed by atoms with E-state index in [2.05, 4.69) is 222 Å². The van der Waals surface area contributed by atoms with Crippen LogP contribution in [0.5, 0.6) is 0 Å². The second kappa shape index (κ2) is 106. The molecule has 1 radical (unpaired) electrons. The molecule has 5 N–H and O–H groups in total. The van der Waals surface area contributed by atoms with Crippen molar-refractivity contribution in [1.82, 2.24) is 50.2 Å². The minimum Gasteiger partial charge on any atom is -0.385 e. The molecule has 11 aliphatic rings. The van der Waals surface area contributed by atoms with Crippen LogP contribution in [0.25, 0.3) is 0 Å². The third kappa shape index (κ3) is 98.6. The van der Waals surface area contributed by atoms with Gasteiger partial charge in [-0.25, -0.2) is 8.78 Å². The van der Waals surface area contributed by atoms with Crippen LogP contribution < -0.4 is 21.7 Å².